The summed E-state index contributed by atoms with van der Waals surface area (Å²) in [6.07, 6.45) is 7.64. The van der Waals surface area contributed by atoms with Crippen LogP contribution in [0.5, 0.6) is 5.75 Å². The van der Waals surface area contributed by atoms with E-state index in [2.05, 4.69) is 11.1 Å². The highest BCUT2D eigenvalue weighted by Crippen LogP contribution is 2.32. The zero-order chi connectivity index (χ0) is 14.5. The number of benzene rings is 2. The van der Waals surface area contributed by atoms with Crippen LogP contribution in [0.2, 0.25) is 0 Å². The molecule has 0 spiro atoms. The Labute approximate surface area is 124 Å². The topological polar surface area (TPSA) is 33.1 Å². The average Bonchev–Trinajstić information content (AvgIpc) is 2.55. The number of para-hydroxylation sites is 1. The number of pyridine rings is 1. The summed E-state index contributed by atoms with van der Waals surface area (Å²) in [6.45, 7) is 0. The molecule has 0 atom stereocenters. The number of nitrogens with zero attached hydrogens (tertiary/aromatic N) is 1. The Hall–Kier alpha value is -2.87. The van der Waals surface area contributed by atoms with Crippen molar-refractivity contribution in [2.45, 2.75) is 0 Å². The van der Waals surface area contributed by atoms with Gasteiger partial charge in [0, 0.05) is 18.0 Å². The maximum Gasteiger partial charge on any atom is 0.123 e. The summed E-state index contributed by atoms with van der Waals surface area (Å²) in [5.74, 6) is 0.294. The number of hydrogen-bond donors (Lipinski definition) is 1. The van der Waals surface area contributed by atoms with E-state index >= 15 is 0 Å². The molecule has 0 saturated carbocycles. The molecule has 0 aliphatic heterocycles. The summed E-state index contributed by atoms with van der Waals surface area (Å²) in [5, 5.41) is 10.0. The second-order valence-corrected chi connectivity index (χ2v) is 4.72. The summed E-state index contributed by atoms with van der Waals surface area (Å²) in [5.41, 5.74) is 4.02. The Morgan fingerprint density at radius 2 is 1.38 bits per heavy atom. The molecule has 0 aliphatic rings. The van der Waals surface area contributed by atoms with Gasteiger partial charge in [0.15, 0.2) is 0 Å². The van der Waals surface area contributed by atoms with E-state index in [1.54, 1.807) is 18.5 Å². The largest absolute Gasteiger partial charge is 0.507 e. The van der Waals surface area contributed by atoms with E-state index in [1.165, 1.54) is 0 Å². The fourth-order valence-electron chi connectivity index (χ4n) is 2.25. The van der Waals surface area contributed by atoms with Gasteiger partial charge in [0.1, 0.15) is 5.75 Å². The Bertz CT molecular complexity index is 763. The van der Waals surface area contributed by atoms with Crippen molar-refractivity contribution in [2.75, 3.05) is 0 Å². The maximum atomic E-state index is 10.0. The Morgan fingerprint density at radius 3 is 2.14 bits per heavy atom. The lowest BCUT2D eigenvalue weighted by Gasteiger charge is -2.08. The first-order valence-corrected chi connectivity index (χ1v) is 6.80. The minimum absolute atomic E-state index is 0.294. The standard InChI is InChI=1S/C19H15NO/c21-19-8-4-3-7-18(19)17-6-2-1-5-16(17)10-9-15-11-13-20-14-12-15/h1-14,21H. The number of phenols is 1. The van der Waals surface area contributed by atoms with Gasteiger partial charge in [-0.2, -0.15) is 0 Å². The molecule has 0 saturated heterocycles. The summed E-state index contributed by atoms with van der Waals surface area (Å²) < 4.78 is 0. The fourth-order valence-corrected chi connectivity index (χ4v) is 2.25. The van der Waals surface area contributed by atoms with Gasteiger partial charge in [0.2, 0.25) is 0 Å². The molecule has 1 N–H and O–H groups in total. The van der Waals surface area contributed by atoms with Crippen LogP contribution >= 0.6 is 0 Å². The number of phenolic OH excluding ortho intramolecular Hbond substituents is 1. The van der Waals surface area contributed by atoms with Crippen LogP contribution in [0, 0.1) is 0 Å². The summed E-state index contributed by atoms with van der Waals surface area (Å²) in [4.78, 5) is 4.01. The first-order chi connectivity index (χ1) is 10.3. The van der Waals surface area contributed by atoms with Crippen molar-refractivity contribution in [3.63, 3.8) is 0 Å². The first kappa shape index (κ1) is 13.1. The monoisotopic (exact) mass is 273 g/mol. The van der Waals surface area contributed by atoms with Gasteiger partial charge in [0.05, 0.1) is 0 Å². The van der Waals surface area contributed by atoms with Crippen LogP contribution < -0.4 is 0 Å². The van der Waals surface area contributed by atoms with E-state index in [0.717, 1.165) is 22.3 Å². The van der Waals surface area contributed by atoms with Gasteiger partial charge in [-0.15, -0.1) is 0 Å². The van der Waals surface area contributed by atoms with E-state index in [4.69, 9.17) is 0 Å². The molecule has 3 rings (SSSR count). The van der Waals surface area contributed by atoms with Gasteiger partial charge in [-0.25, -0.2) is 0 Å². The van der Waals surface area contributed by atoms with Crippen molar-refractivity contribution in [2.24, 2.45) is 0 Å². The number of hydrogen-bond acceptors (Lipinski definition) is 2. The Kier molecular flexibility index (Phi) is 3.79. The SMILES string of the molecule is Oc1ccccc1-c1ccccc1C=Cc1ccncc1. The van der Waals surface area contributed by atoms with E-state index in [-0.39, 0.29) is 0 Å². The normalized spacial score (nSPS) is 10.9. The third kappa shape index (κ3) is 3.00. The van der Waals surface area contributed by atoms with Gasteiger partial charge in [0.25, 0.3) is 0 Å². The highest BCUT2D eigenvalue weighted by Gasteiger charge is 2.06. The van der Waals surface area contributed by atoms with Crippen LogP contribution in [0.25, 0.3) is 23.3 Å². The third-order valence-electron chi connectivity index (χ3n) is 3.32. The van der Waals surface area contributed by atoms with Crippen LogP contribution in [-0.2, 0) is 0 Å². The van der Waals surface area contributed by atoms with E-state index in [9.17, 15) is 5.11 Å². The van der Waals surface area contributed by atoms with Crippen molar-refractivity contribution in [3.05, 3.63) is 84.2 Å². The molecule has 0 radical (unpaired) electrons. The highest BCUT2D eigenvalue weighted by molar-refractivity contribution is 5.83. The first-order valence-electron chi connectivity index (χ1n) is 6.80. The van der Waals surface area contributed by atoms with Crippen LogP contribution in [-0.4, -0.2) is 10.1 Å². The number of aromatic hydroxyl groups is 1. The molecule has 3 aromatic rings. The molecular weight excluding hydrogens is 258 g/mol. The summed E-state index contributed by atoms with van der Waals surface area (Å²) >= 11 is 0. The Balaban J connectivity index is 2.01. The summed E-state index contributed by atoms with van der Waals surface area (Å²) in [6, 6.07) is 19.3. The molecule has 2 heteroatoms. The van der Waals surface area contributed by atoms with Gasteiger partial charge in [-0.3, -0.25) is 4.98 Å². The molecule has 1 aromatic heterocycles. The molecular formula is C19H15NO. The molecule has 0 fully saturated rings. The second-order valence-electron chi connectivity index (χ2n) is 4.72. The van der Waals surface area contributed by atoms with Crippen LogP contribution in [0.15, 0.2) is 73.1 Å². The zero-order valence-corrected chi connectivity index (χ0v) is 11.5. The Morgan fingerprint density at radius 1 is 0.714 bits per heavy atom. The molecule has 102 valence electrons. The van der Waals surface area contributed by atoms with Gasteiger partial charge in [-0.1, -0.05) is 54.6 Å². The van der Waals surface area contributed by atoms with Crippen LogP contribution in [0.4, 0.5) is 0 Å². The fraction of sp³-hybridized carbons (Fsp3) is 0. The van der Waals surface area contributed by atoms with Gasteiger partial charge < -0.3 is 5.11 Å². The second kappa shape index (κ2) is 6.06. The average molecular weight is 273 g/mol. The van der Waals surface area contributed by atoms with Crippen molar-refractivity contribution >= 4 is 12.2 Å². The summed E-state index contributed by atoms with van der Waals surface area (Å²) in [7, 11) is 0. The van der Waals surface area contributed by atoms with Gasteiger partial charge in [-0.05, 0) is 34.9 Å². The molecule has 0 aliphatic carbocycles. The van der Waals surface area contributed by atoms with Crippen molar-refractivity contribution in [1.82, 2.24) is 4.98 Å². The lowest BCUT2D eigenvalue weighted by Crippen LogP contribution is -1.83. The molecule has 21 heavy (non-hydrogen) atoms. The molecule has 0 bridgehead atoms. The molecule has 0 unspecified atom stereocenters. The predicted molar refractivity (Wildman–Crippen MR) is 86.7 cm³/mol. The lowest BCUT2D eigenvalue weighted by atomic mass is 9.98. The van der Waals surface area contributed by atoms with Crippen LogP contribution in [0.1, 0.15) is 11.1 Å². The maximum absolute atomic E-state index is 10.0. The lowest BCUT2D eigenvalue weighted by molar-refractivity contribution is 0.477. The van der Waals surface area contributed by atoms with Crippen molar-refractivity contribution < 1.29 is 5.11 Å². The highest BCUT2D eigenvalue weighted by atomic mass is 16.3. The van der Waals surface area contributed by atoms with E-state index in [1.807, 2.05) is 60.7 Å². The molecule has 0 amide bonds. The molecule has 2 nitrogen and oxygen atoms in total. The van der Waals surface area contributed by atoms with E-state index < -0.39 is 0 Å². The van der Waals surface area contributed by atoms with Gasteiger partial charge >= 0.3 is 0 Å². The van der Waals surface area contributed by atoms with Crippen LogP contribution in [0.3, 0.4) is 0 Å². The predicted octanol–water partition coefficient (Wildman–Crippen LogP) is 4.62. The van der Waals surface area contributed by atoms with Crippen molar-refractivity contribution in [3.8, 4) is 16.9 Å². The van der Waals surface area contributed by atoms with E-state index in [0.29, 0.717) is 5.75 Å². The minimum atomic E-state index is 0.294. The minimum Gasteiger partial charge on any atom is -0.507 e. The molecule has 1 heterocycles. The molecule has 2 aromatic carbocycles. The third-order valence-corrected chi connectivity index (χ3v) is 3.32. The number of aromatic nitrogens is 1. The smallest absolute Gasteiger partial charge is 0.123 e. The van der Waals surface area contributed by atoms with Crippen molar-refractivity contribution in [1.29, 1.82) is 0 Å². The zero-order valence-electron chi connectivity index (χ0n) is 11.5. The number of rotatable bonds is 3. The quantitative estimate of drug-likeness (QED) is 0.755.